The molecule has 0 heterocycles. The lowest BCUT2D eigenvalue weighted by Gasteiger charge is -2.26. The molecule has 0 spiro atoms. The van der Waals surface area contributed by atoms with Crippen LogP contribution in [-0.4, -0.2) is 82.3 Å². The number of hydrogen-bond donors (Lipinski definition) is 0. The number of likely N-dealkylation sites (N-methyl/N-ethyl adjacent to an activating group) is 1. The molecule has 0 saturated heterocycles. The highest BCUT2D eigenvalue weighted by molar-refractivity contribution is 5.70. The Bertz CT molecular complexity index is 1110. The molecule has 0 saturated carbocycles. The van der Waals surface area contributed by atoms with Crippen LogP contribution >= 0.6 is 0 Å². The summed E-state index contributed by atoms with van der Waals surface area (Å²) in [6.07, 6.45) is 54.7. The number of carboxylic acids is 1. The van der Waals surface area contributed by atoms with Gasteiger partial charge in [0.05, 0.1) is 40.3 Å². The van der Waals surface area contributed by atoms with Crippen molar-refractivity contribution in [2.45, 2.75) is 296 Å². The van der Waals surface area contributed by atoms with Gasteiger partial charge in [-0.05, 0) is 38.5 Å². The quantitative estimate of drug-likeness (QED) is 0.0195. The molecule has 0 aromatic rings. The van der Waals surface area contributed by atoms with Crippen LogP contribution in [0.2, 0.25) is 0 Å². The van der Waals surface area contributed by atoms with Crippen LogP contribution in [-0.2, 0) is 33.3 Å². The van der Waals surface area contributed by atoms with Crippen LogP contribution in [0.1, 0.15) is 284 Å². The minimum absolute atomic E-state index is 0.152. The highest BCUT2D eigenvalue weighted by atomic mass is 16.7. The minimum Gasteiger partial charge on any atom is -0.545 e. The van der Waals surface area contributed by atoms with Crippen molar-refractivity contribution in [3.05, 3.63) is 12.2 Å². The molecule has 2 unspecified atom stereocenters. The van der Waals surface area contributed by atoms with E-state index < -0.39 is 24.3 Å². The number of rotatable bonds is 54. The summed E-state index contributed by atoms with van der Waals surface area (Å²) in [5, 5.41) is 11.7. The van der Waals surface area contributed by atoms with Gasteiger partial charge >= 0.3 is 11.9 Å². The number of ether oxygens (including phenoxy) is 4. The van der Waals surface area contributed by atoms with E-state index in [4.69, 9.17) is 18.9 Å². The van der Waals surface area contributed by atoms with Gasteiger partial charge < -0.3 is 33.3 Å². The van der Waals surface area contributed by atoms with E-state index in [1.807, 2.05) is 21.1 Å². The SMILES string of the molecule is CCCCCCCCCC/C=C\CCCCCCCCCCCCCCCCCCCCCCCCCC(=O)OC(COC(=O)CCCCCCCCC)COC(OCC[N+](C)(C)C)C(=O)[O-]. The maximum atomic E-state index is 12.8. The van der Waals surface area contributed by atoms with E-state index in [1.54, 1.807) is 0 Å². The summed E-state index contributed by atoms with van der Waals surface area (Å²) in [6, 6.07) is 0. The predicted octanol–water partition coefficient (Wildman–Crippen LogP) is 15.2. The average molecular weight is 951 g/mol. The number of allylic oxidation sites excluding steroid dienone is 2. The van der Waals surface area contributed by atoms with Gasteiger partial charge in [-0.1, -0.05) is 244 Å². The van der Waals surface area contributed by atoms with Crippen molar-refractivity contribution < 1.29 is 42.9 Å². The first-order chi connectivity index (χ1) is 32.6. The van der Waals surface area contributed by atoms with Crippen LogP contribution < -0.4 is 5.11 Å². The molecule has 67 heavy (non-hydrogen) atoms. The van der Waals surface area contributed by atoms with Gasteiger partial charge in [-0.3, -0.25) is 9.59 Å². The van der Waals surface area contributed by atoms with Crippen molar-refractivity contribution in [2.75, 3.05) is 47.5 Å². The molecule has 2 atom stereocenters. The summed E-state index contributed by atoms with van der Waals surface area (Å²) >= 11 is 0. The van der Waals surface area contributed by atoms with Crippen molar-refractivity contribution in [2.24, 2.45) is 0 Å². The molecule has 0 N–H and O–H groups in total. The molecule has 0 aromatic heterocycles. The fourth-order valence-corrected chi connectivity index (χ4v) is 8.53. The van der Waals surface area contributed by atoms with E-state index >= 15 is 0 Å². The highest BCUT2D eigenvalue weighted by Gasteiger charge is 2.22. The Morgan fingerprint density at radius 1 is 0.433 bits per heavy atom. The lowest BCUT2D eigenvalue weighted by atomic mass is 10.0. The lowest BCUT2D eigenvalue weighted by Crippen LogP contribution is -2.44. The zero-order valence-corrected chi connectivity index (χ0v) is 45.0. The monoisotopic (exact) mass is 950 g/mol. The van der Waals surface area contributed by atoms with Crippen LogP contribution in [0.25, 0.3) is 0 Å². The van der Waals surface area contributed by atoms with Crippen molar-refractivity contribution >= 4 is 17.9 Å². The molecule has 9 heteroatoms. The highest BCUT2D eigenvalue weighted by Crippen LogP contribution is 2.17. The summed E-state index contributed by atoms with van der Waals surface area (Å²) in [4.78, 5) is 36.9. The summed E-state index contributed by atoms with van der Waals surface area (Å²) < 4.78 is 22.5. The number of quaternary nitrogens is 1. The summed E-state index contributed by atoms with van der Waals surface area (Å²) in [6.45, 7) is 4.73. The smallest absolute Gasteiger partial charge is 0.306 e. The van der Waals surface area contributed by atoms with E-state index in [0.29, 0.717) is 17.4 Å². The first-order valence-electron chi connectivity index (χ1n) is 28.8. The van der Waals surface area contributed by atoms with Gasteiger partial charge in [0, 0.05) is 12.8 Å². The standard InChI is InChI=1S/C58H111NO8/c1-6-8-10-12-14-15-16-17-18-19-20-21-22-23-24-25-26-27-28-29-30-31-32-33-34-35-36-37-38-39-40-41-43-45-47-49-56(61)67-54(52-65-55(60)48-46-44-42-13-11-9-7-2)53-66-58(57(62)63)64-51-50-59(3,4)5/h19-20,54,58H,6-18,21-53H2,1-5H3/b20-19-. The number of aliphatic carboxylic acids is 1. The Kier molecular flexibility index (Phi) is 48.9. The predicted molar refractivity (Wildman–Crippen MR) is 279 cm³/mol. The Morgan fingerprint density at radius 3 is 1.10 bits per heavy atom. The molecule has 0 aliphatic heterocycles. The molecule has 0 fully saturated rings. The van der Waals surface area contributed by atoms with Gasteiger partial charge in [-0.25, -0.2) is 0 Å². The Balaban J connectivity index is 3.86. The second-order valence-corrected chi connectivity index (χ2v) is 20.9. The molecule has 396 valence electrons. The number of esters is 2. The van der Waals surface area contributed by atoms with Gasteiger partial charge in [0.1, 0.15) is 13.2 Å². The van der Waals surface area contributed by atoms with Crippen LogP contribution in [0.4, 0.5) is 0 Å². The Labute approximate surface area is 415 Å². The minimum atomic E-state index is -1.61. The van der Waals surface area contributed by atoms with Gasteiger partial charge in [-0.2, -0.15) is 0 Å². The van der Waals surface area contributed by atoms with Crippen molar-refractivity contribution in [3.63, 3.8) is 0 Å². The molecule has 0 radical (unpaired) electrons. The third-order valence-electron chi connectivity index (χ3n) is 13.0. The Morgan fingerprint density at radius 2 is 0.761 bits per heavy atom. The Hall–Kier alpha value is -1.97. The third kappa shape index (κ3) is 51.7. The van der Waals surface area contributed by atoms with E-state index in [-0.39, 0.29) is 32.2 Å². The lowest BCUT2D eigenvalue weighted by molar-refractivity contribution is -0.870. The van der Waals surface area contributed by atoms with Gasteiger partial charge in [-0.15, -0.1) is 0 Å². The van der Waals surface area contributed by atoms with E-state index in [1.165, 1.54) is 218 Å². The number of carbonyl (C=O) groups excluding carboxylic acids is 3. The molecule has 0 aliphatic rings. The second-order valence-electron chi connectivity index (χ2n) is 20.9. The van der Waals surface area contributed by atoms with Gasteiger partial charge in [0.15, 0.2) is 12.4 Å². The fraction of sp³-hybridized carbons (Fsp3) is 0.914. The molecule has 0 aromatic carbocycles. The topological polar surface area (TPSA) is 111 Å². The normalized spacial score (nSPS) is 12.8. The van der Waals surface area contributed by atoms with E-state index in [2.05, 4.69) is 26.0 Å². The van der Waals surface area contributed by atoms with E-state index in [9.17, 15) is 19.5 Å². The first kappa shape index (κ1) is 65.0. The number of unbranched alkanes of at least 4 members (excludes halogenated alkanes) is 37. The number of nitrogens with zero attached hydrogens (tertiary/aromatic N) is 1. The molecule has 9 nitrogen and oxygen atoms in total. The van der Waals surface area contributed by atoms with Gasteiger partial charge in [0.2, 0.25) is 0 Å². The molecular formula is C58H111NO8. The largest absolute Gasteiger partial charge is 0.545 e. The number of carbonyl (C=O) groups is 3. The van der Waals surface area contributed by atoms with E-state index in [0.717, 1.165) is 38.5 Å². The fourth-order valence-electron chi connectivity index (χ4n) is 8.53. The zero-order valence-electron chi connectivity index (χ0n) is 45.0. The zero-order chi connectivity index (χ0) is 49.2. The van der Waals surface area contributed by atoms with Crippen LogP contribution in [0.5, 0.6) is 0 Å². The van der Waals surface area contributed by atoms with Crippen LogP contribution in [0.3, 0.4) is 0 Å². The number of hydrogen-bond acceptors (Lipinski definition) is 8. The summed E-state index contributed by atoms with van der Waals surface area (Å²) in [7, 11) is 5.92. The van der Waals surface area contributed by atoms with Crippen LogP contribution in [0.15, 0.2) is 12.2 Å². The van der Waals surface area contributed by atoms with Gasteiger partial charge in [0.25, 0.3) is 0 Å². The third-order valence-corrected chi connectivity index (χ3v) is 13.0. The maximum Gasteiger partial charge on any atom is 0.306 e. The average Bonchev–Trinajstić information content (AvgIpc) is 3.29. The summed E-state index contributed by atoms with van der Waals surface area (Å²) in [5.41, 5.74) is 0. The first-order valence-corrected chi connectivity index (χ1v) is 28.8. The summed E-state index contributed by atoms with van der Waals surface area (Å²) in [5.74, 6) is -2.27. The van der Waals surface area contributed by atoms with Crippen LogP contribution in [0, 0.1) is 0 Å². The van der Waals surface area contributed by atoms with Crippen molar-refractivity contribution in [3.8, 4) is 0 Å². The molecule has 0 bridgehead atoms. The maximum absolute atomic E-state index is 12.8. The molecule has 0 amide bonds. The molecule has 0 aliphatic carbocycles. The molecule has 0 rings (SSSR count). The van der Waals surface area contributed by atoms with Crippen molar-refractivity contribution in [1.82, 2.24) is 0 Å². The second kappa shape index (κ2) is 50.4. The number of carboxylic acid groups (broad SMARTS) is 1. The molecular weight excluding hydrogens is 839 g/mol. The van der Waals surface area contributed by atoms with Crippen molar-refractivity contribution in [1.29, 1.82) is 0 Å².